The summed E-state index contributed by atoms with van der Waals surface area (Å²) in [5, 5.41) is 2.81. The minimum absolute atomic E-state index is 0.0129. The Morgan fingerprint density at radius 1 is 1.38 bits per heavy atom. The summed E-state index contributed by atoms with van der Waals surface area (Å²) >= 11 is 3.38. The summed E-state index contributed by atoms with van der Waals surface area (Å²) in [5.74, 6) is 0.0220. The number of nitrogens with one attached hydrogen (secondary N) is 1. The molecule has 0 aliphatic carbocycles. The highest BCUT2D eigenvalue weighted by molar-refractivity contribution is 9.10. The second-order valence-corrected chi connectivity index (χ2v) is 6.82. The molecule has 1 saturated heterocycles. The van der Waals surface area contributed by atoms with Crippen molar-refractivity contribution in [3.05, 3.63) is 58.2 Å². The monoisotopic (exact) mass is 387 g/mol. The van der Waals surface area contributed by atoms with Gasteiger partial charge in [0.1, 0.15) is 5.82 Å². The van der Waals surface area contributed by atoms with Crippen LogP contribution in [0, 0.1) is 12.8 Å². The fourth-order valence-electron chi connectivity index (χ4n) is 2.74. The van der Waals surface area contributed by atoms with E-state index in [-0.39, 0.29) is 24.2 Å². The largest absolute Gasteiger partial charge is 0.338 e. The highest BCUT2D eigenvalue weighted by Crippen LogP contribution is 2.22. The number of carbonyl (C=O) groups excluding carboxylic acids is 2. The van der Waals surface area contributed by atoms with E-state index in [0.717, 1.165) is 15.6 Å². The molecule has 0 spiro atoms. The molecule has 24 heavy (non-hydrogen) atoms. The van der Waals surface area contributed by atoms with E-state index in [0.29, 0.717) is 18.9 Å². The molecule has 0 saturated carbocycles. The van der Waals surface area contributed by atoms with Crippen LogP contribution in [0.2, 0.25) is 0 Å². The Hall–Kier alpha value is -2.21. The van der Waals surface area contributed by atoms with Crippen molar-refractivity contribution in [3.8, 4) is 0 Å². The molecule has 1 fully saturated rings. The van der Waals surface area contributed by atoms with Crippen molar-refractivity contribution in [3.63, 3.8) is 0 Å². The number of nitrogens with zero attached hydrogens (tertiary/aromatic N) is 2. The number of halogens is 1. The molecule has 1 unspecified atom stereocenters. The molecule has 1 atom stereocenters. The van der Waals surface area contributed by atoms with Crippen LogP contribution in [0.4, 0.5) is 5.82 Å². The molecule has 2 aromatic rings. The van der Waals surface area contributed by atoms with E-state index in [4.69, 9.17) is 0 Å². The quantitative estimate of drug-likeness (QED) is 0.876. The van der Waals surface area contributed by atoms with Gasteiger partial charge >= 0.3 is 0 Å². The van der Waals surface area contributed by atoms with Crippen LogP contribution in [0.5, 0.6) is 0 Å². The van der Waals surface area contributed by atoms with Gasteiger partial charge in [-0.2, -0.15) is 0 Å². The molecule has 1 aliphatic rings. The SMILES string of the molecule is Cc1cc(NC(=O)C2CC(=O)N(Cc3ccccc3)C2)ncc1Br. The van der Waals surface area contributed by atoms with Gasteiger partial charge in [-0.25, -0.2) is 4.98 Å². The summed E-state index contributed by atoms with van der Waals surface area (Å²) < 4.78 is 0.894. The second-order valence-electron chi connectivity index (χ2n) is 5.97. The number of aromatic nitrogens is 1. The number of aryl methyl sites for hydroxylation is 1. The molecule has 1 aromatic carbocycles. The van der Waals surface area contributed by atoms with E-state index in [1.54, 1.807) is 17.2 Å². The molecule has 124 valence electrons. The van der Waals surface area contributed by atoms with E-state index in [2.05, 4.69) is 26.2 Å². The highest BCUT2D eigenvalue weighted by atomic mass is 79.9. The molecule has 1 aliphatic heterocycles. The molecular formula is C18H18BrN3O2. The van der Waals surface area contributed by atoms with Gasteiger partial charge in [-0.1, -0.05) is 30.3 Å². The Bertz CT molecular complexity index is 764. The van der Waals surface area contributed by atoms with Crippen molar-refractivity contribution < 1.29 is 9.59 Å². The lowest BCUT2D eigenvalue weighted by Crippen LogP contribution is -2.28. The van der Waals surface area contributed by atoms with Crippen molar-refractivity contribution in [1.29, 1.82) is 0 Å². The van der Waals surface area contributed by atoms with E-state index in [1.807, 2.05) is 37.3 Å². The molecule has 0 radical (unpaired) electrons. The third-order valence-corrected chi connectivity index (χ3v) is 4.93. The van der Waals surface area contributed by atoms with E-state index in [9.17, 15) is 9.59 Å². The van der Waals surface area contributed by atoms with Gasteiger partial charge in [0.15, 0.2) is 0 Å². The maximum absolute atomic E-state index is 12.4. The summed E-state index contributed by atoms with van der Waals surface area (Å²) in [6.45, 7) is 2.91. The van der Waals surface area contributed by atoms with Crippen LogP contribution in [0.1, 0.15) is 17.5 Å². The van der Waals surface area contributed by atoms with Gasteiger partial charge < -0.3 is 10.2 Å². The molecule has 1 aromatic heterocycles. The first kappa shape index (κ1) is 16.6. The van der Waals surface area contributed by atoms with Crippen LogP contribution in [0.15, 0.2) is 47.1 Å². The highest BCUT2D eigenvalue weighted by Gasteiger charge is 2.34. The zero-order chi connectivity index (χ0) is 17.1. The first-order valence-corrected chi connectivity index (χ1v) is 8.57. The van der Waals surface area contributed by atoms with Gasteiger partial charge in [-0.3, -0.25) is 9.59 Å². The molecule has 0 bridgehead atoms. The molecule has 1 N–H and O–H groups in total. The van der Waals surface area contributed by atoms with Crippen LogP contribution in [0.25, 0.3) is 0 Å². The van der Waals surface area contributed by atoms with Crippen molar-refractivity contribution in [2.75, 3.05) is 11.9 Å². The van der Waals surface area contributed by atoms with Gasteiger partial charge in [0.05, 0.1) is 5.92 Å². The molecular weight excluding hydrogens is 370 g/mol. The van der Waals surface area contributed by atoms with Crippen LogP contribution in [0.3, 0.4) is 0 Å². The Kier molecular flexibility index (Phi) is 4.94. The first-order chi connectivity index (χ1) is 11.5. The van der Waals surface area contributed by atoms with Crippen molar-refractivity contribution in [2.45, 2.75) is 19.9 Å². The van der Waals surface area contributed by atoms with Crippen molar-refractivity contribution >= 4 is 33.6 Å². The average Bonchev–Trinajstić information content (AvgIpc) is 2.93. The zero-order valence-corrected chi connectivity index (χ0v) is 14.9. The van der Waals surface area contributed by atoms with Gasteiger partial charge in [-0.05, 0) is 40.0 Å². The lowest BCUT2D eigenvalue weighted by atomic mass is 10.1. The minimum Gasteiger partial charge on any atom is -0.338 e. The maximum atomic E-state index is 12.4. The molecule has 2 amide bonds. The van der Waals surface area contributed by atoms with Crippen molar-refractivity contribution in [2.24, 2.45) is 5.92 Å². The number of likely N-dealkylation sites (tertiary alicyclic amines) is 1. The predicted molar refractivity (Wildman–Crippen MR) is 95.3 cm³/mol. The lowest BCUT2D eigenvalue weighted by Gasteiger charge is -2.16. The zero-order valence-electron chi connectivity index (χ0n) is 13.3. The Morgan fingerprint density at radius 2 is 2.12 bits per heavy atom. The topological polar surface area (TPSA) is 62.3 Å². The smallest absolute Gasteiger partial charge is 0.230 e. The molecule has 6 heteroatoms. The van der Waals surface area contributed by atoms with Crippen LogP contribution < -0.4 is 5.32 Å². The summed E-state index contributed by atoms with van der Waals surface area (Å²) in [6, 6.07) is 11.6. The number of hydrogen-bond donors (Lipinski definition) is 1. The van der Waals surface area contributed by atoms with Gasteiger partial charge in [0.2, 0.25) is 11.8 Å². The Morgan fingerprint density at radius 3 is 2.83 bits per heavy atom. The average molecular weight is 388 g/mol. The number of benzene rings is 1. The third kappa shape index (κ3) is 3.82. The standard InChI is InChI=1S/C18H18BrN3O2/c1-12-7-16(20-9-15(12)19)21-18(24)14-8-17(23)22(11-14)10-13-5-3-2-4-6-13/h2-7,9,14H,8,10-11H2,1H3,(H,20,21,24). The van der Waals surface area contributed by atoms with Crippen LogP contribution in [-0.4, -0.2) is 28.2 Å². The summed E-state index contributed by atoms with van der Waals surface area (Å²) in [5.41, 5.74) is 2.06. The molecule has 5 nitrogen and oxygen atoms in total. The fourth-order valence-corrected chi connectivity index (χ4v) is 2.96. The van der Waals surface area contributed by atoms with E-state index >= 15 is 0 Å². The normalized spacial score (nSPS) is 17.2. The van der Waals surface area contributed by atoms with Crippen LogP contribution >= 0.6 is 15.9 Å². The number of pyridine rings is 1. The van der Waals surface area contributed by atoms with E-state index < -0.39 is 0 Å². The minimum atomic E-state index is -0.341. The molecule has 3 rings (SSSR count). The fraction of sp³-hybridized carbons (Fsp3) is 0.278. The maximum Gasteiger partial charge on any atom is 0.230 e. The number of hydrogen-bond acceptors (Lipinski definition) is 3. The van der Waals surface area contributed by atoms with E-state index in [1.165, 1.54) is 0 Å². The Labute approximate surface area is 149 Å². The van der Waals surface area contributed by atoms with Crippen molar-refractivity contribution in [1.82, 2.24) is 9.88 Å². The van der Waals surface area contributed by atoms with Gasteiger partial charge in [-0.15, -0.1) is 0 Å². The Balaban J connectivity index is 1.62. The van der Waals surface area contributed by atoms with Gasteiger partial charge in [0, 0.05) is 30.2 Å². The molecule has 2 heterocycles. The summed E-state index contributed by atoms with van der Waals surface area (Å²) in [7, 11) is 0. The first-order valence-electron chi connectivity index (χ1n) is 7.77. The second kappa shape index (κ2) is 7.13. The number of anilines is 1. The third-order valence-electron chi connectivity index (χ3n) is 4.10. The number of amides is 2. The van der Waals surface area contributed by atoms with Gasteiger partial charge in [0.25, 0.3) is 0 Å². The summed E-state index contributed by atoms with van der Waals surface area (Å²) in [6.07, 6.45) is 1.90. The number of rotatable bonds is 4. The summed E-state index contributed by atoms with van der Waals surface area (Å²) in [4.78, 5) is 30.5. The number of carbonyl (C=O) groups is 2. The lowest BCUT2D eigenvalue weighted by molar-refractivity contribution is -0.128. The van der Waals surface area contributed by atoms with Crippen LogP contribution in [-0.2, 0) is 16.1 Å². The predicted octanol–water partition coefficient (Wildman–Crippen LogP) is 3.14.